The second kappa shape index (κ2) is 6.81. The zero-order chi connectivity index (χ0) is 14.4. The van der Waals surface area contributed by atoms with Crippen LogP contribution in [0.15, 0.2) is 41.8 Å². The number of halogens is 1. The molecular formula is C14H13FN2O2S. The van der Waals surface area contributed by atoms with Gasteiger partial charge in [-0.25, -0.2) is 4.39 Å². The summed E-state index contributed by atoms with van der Waals surface area (Å²) in [6, 6.07) is 9.47. The van der Waals surface area contributed by atoms with Crippen molar-refractivity contribution in [2.24, 2.45) is 0 Å². The van der Waals surface area contributed by atoms with Crippen molar-refractivity contribution < 1.29 is 14.0 Å². The first-order chi connectivity index (χ1) is 9.65. The van der Waals surface area contributed by atoms with Crippen molar-refractivity contribution in [3.8, 4) is 0 Å². The van der Waals surface area contributed by atoms with Crippen LogP contribution in [-0.2, 0) is 22.7 Å². The Hall–Kier alpha value is -2.21. The third-order valence-corrected chi connectivity index (χ3v) is 3.45. The van der Waals surface area contributed by atoms with Crippen LogP contribution in [0.1, 0.15) is 10.4 Å². The lowest BCUT2D eigenvalue weighted by Gasteiger charge is -2.06. The minimum absolute atomic E-state index is 0.186. The summed E-state index contributed by atoms with van der Waals surface area (Å²) in [4.78, 5) is 24.1. The van der Waals surface area contributed by atoms with Crippen LogP contribution >= 0.6 is 11.3 Å². The van der Waals surface area contributed by atoms with Crippen LogP contribution in [-0.4, -0.2) is 11.8 Å². The summed E-state index contributed by atoms with van der Waals surface area (Å²) in [5, 5.41) is 6.91. The molecule has 2 rings (SSSR count). The molecule has 0 aliphatic carbocycles. The van der Waals surface area contributed by atoms with E-state index < -0.39 is 11.8 Å². The normalized spacial score (nSPS) is 10.1. The van der Waals surface area contributed by atoms with Gasteiger partial charge in [0.2, 0.25) is 0 Å². The lowest BCUT2D eigenvalue weighted by Crippen LogP contribution is -2.39. The monoisotopic (exact) mass is 292 g/mol. The van der Waals surface area contributed by atoms with Crippen LogP contribution in [0.4, 0.5) is 4.39 Å². The van der Waals surface area contributed by atoms with Gasteiger partial charge < -0.3 is 10.6 Å². The van der Waals surface area contributed by atoms with Gasteiger partial charge in [-0.05, 0) is 29.1 Å². The number of thiophene rings is 1. The Morgan fingerprint density at radius 1 is 1.00 bits per heavy atom. The maximum absolute atomic E-state index is 12.7. The van der Waals surface area contributed by atoms with E-state index in [1.807, 2.05) is 17.5 Å². The van der Waals surface area contributed by atoms with Crippen LogP contribution in [0.5, 0.6) is 0 Å². The second-order valence-corrected chi connectivity index (χ2v) is 5.10. The Balaban J connectivity index is 1.76. The molecule has 1 heterocycles. The first kappa shape index (κ1) is 14.2. The van der Waals surface area contributed by atoms with Crippen LogP contribution in [0.2, 0.25) is 0 Å². The molecule has 1 aromatic heterocycles. The van der Waals surface area contributed by atoms with E-state index >= 15 is 0 Å². The van der Waals surface area contributed by atoms with Crippen molar-refractivity contribution in [3.05, 3.63) is 58.0 Å². The predicted octanol–water partition coefficient (Wildman–Crippen LogP) is 1.82. The van der Waals surface area contributed by atoms with Crippen molar-refractivity contribution in [1.29, 1.82) is 0 Å². The van der Waals surface area contributed by atoms with E-state index in [0.29, 0.717) is 6.54 Å². The third-order valence-electron chi connectivity index (χ3n) is 2.58. The molecule has 2 N–H and O–H groups in total. The molecule has 0 bridgehead atoms. The van der Waals surface area contributed by atoms with Crippen molar-refractivity contribution in [3.63, 3.8) is 0 Å². The Kier molecular flexibility index (Phi) is 4.84. The van der Waals surface area contributed by atoms with Crippen molar-refractivity contribution >= 4 is 23.2 Å². The second-order valence-electron chi connectivity index (χ2n) is 4.07. The van der Waals surface area contributed by atoms with Gasteiger partial charge in [-0.3, -0.25) is 9.59 Å². The third kappa shape index (κ3) is 4.17. The summed E-state index contributed by atoms with van der Waals surface area (Å²) >= 11 is 1.51. The number of amides is 2. The molecule has 2 aromatic rings. The standard InChI is InChI=1S/C14H13FN2O2S/c15-11-5-3-10(4-6-11)8-16-13(18)14(19)17-9-12-2-1-7-20-12/h1-7H,8-9H2,(H,16,18)(H,17,19). The molecule has 104 valence electrons. The lowest BCUT2D eigenvalue weighted by atomic mass is 10.2. The summed E-state index contributed by atoms with van der Waals surface area (Å²) < 4.78 is 12.7. The van der Waals surface area contributed by atoms with E-state index in [0.717, 1.165) is 10.4 Å². The molecular weight excluding hydrogens is 279 g/mol. The average molecular weight is 292 g/mol. The van der Waals surface area contributed by atoms with Crippen LogP contribution in [0, 0.1) is 5.82 Å². The molecule has 0 unspecified atom stereocenters. The lowest BCUT2D eigenvalue weighted by molar-refractivity contribution is -0.139. The summed E-state index contributed by atoms with van der Waals surface area (Å²) in [6.45, 7) is 0.520. The van der Waals surface area contributed by atoms with E-state index in [-0.39, 0.29) is 12.4 Å². The average Bonchev–Trinajstić information content (AvgIpc) is 2.97. The van der Waals surface area contributed by atoms with Gasteiger partial charge in [-0.2, -0.15) is 0 Å². The maximum atomic E-state index is 12.7. The Labute approximate surface area is 119 Å². The highest BCUT2D eigenvalue weighted by molar-refractivity contribution is 7.09. The molecule has 2 amide bonds. The fourth-order valence-corrected chi connectivity index (χ4v) is 2.17. The largest absolute Gasteiger partial charge is 0.344 e. The molecule has 4 nitrogen and oxygen atoms in total. The van der Waals surface area contributed by atoms with E-state index in [9.17, 15) is 14.0 Å². The molecule has 0 aliphatic rings. The SMILES string of the molecule is O=C(NCc1ccc(F)cc1)C(=O)NCc1cccs1. The molecule has 0 spiro atoms. The number of carbonyl (C=O) groups excluding carboxylic acids is 2. The fourth-order valence-electron chi connectivity index (χ4n) is 1.53. The summed E-state index contributed by atoms with van der Waals surface area (Å²) in [6.07, 6.45) is 0. The van der Waals surface area contributed by atoms with Gasteiger partial charge in [0.25, 0.3) is 0 Å². The smallest absolute Gasteiger partial charge is 0.309 e. The highest BCUT2D eigenvalue weighted by Gasteiger charge is 2.12. The quantitative estimate of drug-likeness (QED) is 0.845. The van der Waals surface area contributed by atoms with Crippen molar-refractivity contribution in [1.82, 2.24) is 10.6 Å². The molecule has 0 fully saturated rings. The van der Waals surface area contributed by atoms with E-state index in [1.165, 1.54) is 23.5 Å². The topological polar surface area (TPSA) is 58.2 Å². The minimum atomic E-state index is -0.703. The molecule has 0 radical (unpaired) electrons. The van der Waals surface area contributed by atoms with Crippen molar-refractivity contribution in [2.75, 3.05) is 0 Å². The highest BCUT2D eigenvalue weighted by atomic mass is 32.1. The number of nitrogens with one attached hydrogen (secondary N) is 2. The van der Waals surface area contributed by atoms with E-state index in [4.69, 9.17) is 0 Å². The Morgan fingerprint density at radius 3 is 2.25 bits per heavy atom. The maximum Gasteiger partial charge on any atom is 0.309 e. The zero-order valence-corrected chi connectivity index (χ0v) is 11.4. The van der Waals surface area contributed by atoms with Crippen LogP contribution < -0.4 is 10.6 Å². The molecule has 6 heteroatoms. The van der Waals surface area contributed by atoms with E-state index in [2.05, 4.69) is 10.6 Å². The highest BCUT2D eigenvalue weighted by Crippen LogP contribution is 2.07. The Bertz CT molecular complexity index is 582. The van der Waals surface area contributed by atoms with Gasteiger partial charge in [0.05, 0.1) is 6.54 Å². The zero-order valence-electron chi connectivity index (χ0n) is 10.6. The molecule has 20 heavy (non-hydrogen) atoms. The summed E-state index contributed by atoms with van der Waals surface area (Å²) in [5.74, 6) is -1.72. The van der Waals surface area contributed by atoms with Gasteiger partial charge in [-0.1, -0.05) is 18.2 Å². The number of carbonyl (C=O) groups is 2. The summed E-state index contributed by atoms with van der Waals surface area (Å²) in [5.41, 5.74) is 0.728. The van der Waals surface area contributed by atoms with E-state index in [1.54, 1.807) is 12.1 Å². The number of hydrogen-bond donors (Lipinski definition) is 2. The number of hydrogen-bond acceptors (Lipinski definition) is 3. The van der Waals surface area contributed by atoms with Gasteiger partial charge in [0.1, 0.15) is 5.82 Å². The molecule has 1 aromatic carbocycles. The first-order valence-electron chi connectivity index (χ1n) is 5.98. The number of benzene rings is 1. The minimum Gasteiger partial charge on any atom is -0.344 e. The predicted molar refractivity (Wildman–Crippen MR) is 74.4 cm³/mol. The molecule has 0 atom stereocenters. The Morgan fingerprint density at radius 2 is 1.65 bits per heavy atom. The number of rotatable bonds is 4. The first-order valence-corrected chi connectivity index (χ1v) is 6.86. The van der Waals surface area contributed by atoms with Crippen molar-refractivity contribution in [2.45, 2.75) is 13.1 Å². The van der Waals surface area contributed by atoms with Crippen LogP contribution in [0.25, 0.3) is 0 Å². The van der Waals surface area contributed by atoms with Gasteiger partial charge in [-0.15, -0.1) is 11.3 Å². The van der Waals surface area contributed by atoms with Gasteiger partial charge in [0, 0.05) is 11.4 Å². The van der Waals surface area contributed by atoms with Gasteiger partial charge >= 0.3 is 11.8 Å². The molecule has 0 saturated carbocycles. The molecule has 0 aliphatic heterocycles. The van der Waals surface area contributed by atoms with Crippen LogP contribution in [0.3, 0.4) is 0 Å². The molecule has 0 saturated heterocycles. The van der Waals surface area contributed by atoms with Gasteiger partial charge in [0.15, 0.2) is 0 Å². The summed E-state index contributed by atoms with van der Waals surface area (Å²) in [7, 11) is 0. The fraction of sp³-hybridized carbons (Fsp3) is 0.143.